The Labute approximate surface area is 225 Å². The Hall–Kier alpha value is -2.66. The maximum atomic E-state index is 13.7. The molecule has 1 aromatic heterocycles. The lowest BCUT2D eigenvalue weighted by atomic mass is 10.1. The van der Waals surface area contributed by atoms with Crippen LogP contribution >= 0.6 is 35.3 Å². The summed E-state index contributed by atoms with van der Waals surface area (Å²) in [7, 11) is 5.39. The number of hydrogen-bond acceptors (Lipinski definition) is 8. The minimum absolute atomic E-state index is 0. The molecule has 2 aromatic carbocycles. The van der Waals surface area contributed by atoms with Crippen LogP contribution < -0.4 is 14.5 Å². The van der Waals surface area contributed by atoms with Crippen LogP contribution in [0.4, 0.5) is 16.5 Å². The molecule has 9 nitrogen and oxygen atoms in total. The number of halogens is 2. The molecule has 36 heavy (non-hydrogen) atoms. The monoisotopic (exact) mass is 553 g/mol. The predicted molar refractivity (Wildman–Crippen MR) is 148 cm³/mol. The molecule has 0 saturated carbocycles. The van der Waals surface area contributed by atoms with Crippen molar-refractivity contribution in [2.24, 2.45) is 0 Å². The number of fused-ring (bicyclic) bond motifs is 1. The van der Waals surface area contributed by atoms with Gasteiger partial charge in [0.15, 0.2) is 5.13 Å². The zero-order valence-electron chi connectivity index (χ0n) is 20.4. The number of anilines is 2. The minimum atomic E-state index is -0.410. The third-order valence-electron chi connectivity index (χ3n) is 6.03. The normalized spacial score (nSPS) is 13.5. The molecule has 194 valence electrons. The number of piperidine rings is 1. The van der Waals surface area contributed by atoms with Gasteiger partial charge in [0.05, 0.1) is 21.8 Å². The van der Waals surface area contributed by atoms with Gasteiger partial charge in [0.1, 0.15) is 17.0 Å². The number of nitro groups is 1. The Morgan fingerprint density at radius 2 is 1.92 bits per heavy atom. The number of carbonyl (C=O) groups excluding carboxylic acids is 1. The topological polar surface area (TPSA) is 92.0 Å². The zero-order valence-corrected chi connectivity index (χ0v) is 22.8. The summed E-state index contributed by atoms with van der Waals surface area (Å²) < 4.78 is 6.14. The van der Waals surface area contributed by atoms with E-state index in [9.17, 15) is 14.9 Å². The lowest BCUT2D eigenvalue weighted by Gasteiger charge is -2.28. The largest absolute Gasteiger partial charge is 0.494 e. The summed E-state index contributed by atoms with van der Waals surface area (Å²) in [5.41, 5.74) is 1.32. The first kappa shape index (κ1) is 27.9. The fourth-order valence-electron chi connectivity index (χ4n) is 4.17. The van der Waals surface area contributed by atoms with Crippen LogP contribution in [0.2, 0.25) is 5.02 Å². The zero-order chi connectivity index (χ0) is 25.1. The number of methoxy groups -OCH3 is 1. The summed E-state index contributed by atoms with van der Waals surface area (Å²) in [6, 6.07) is 8.22. The molecule has 3 aromatic rings. The third-order valence-corrected chi connectivity index (χ3v) is 7.57. The molecule has 0 bridgehead atoms. The quantitative estimate of drug-likeness (QED) is 0.269. The molecule has 1 aliphatic rings. The molecule has 0 unspecified atom stereocenters. The van der Waals surface area contributed by atoms with Gasteiger partial charge in [0.25, 0.3) is 11.6 Å². The van der Waals surface area contributed by atoms with Crippen LogP contribution in [0.15, 0.2) is 30.3 Å². The van der Waals surface area contributed by atoms with Gasteiger partial charge >= 0.3 is 0 Å². The number of ether oxygens (including phenoxy) is 1. The Bertz CT molecular complexity index is 1250. The van der Waals surface area contributed by atoms with Crippen LogP contribution in [0.1, 0.15) is 29.6 Å². The number of nitrogens with zero attached hydrogens (tertiary/aromatic N) is 5. The van der Waals surface area contributed by atoms with Gasteiger partial charge in [-0.25, -0.2) is 4.98 Å². The van der Waals surface area contributed by atoms with Crippen LogP contribution in [-0.4, -0.2) is 68.1 Å². The van der Waals surface area contributed by atoms with Crippen molar-refractivity contribution in [3.05, 3.63) is 51.0 Å². The predicted octanol–water partition coefficient (Wildman–Crippen LogP) is 5.49. The van der Waals surface area contributed by atoms with E-state index in [2.05, 4.69) is 4.98 Å². The molecular weight excluding hydrogens is 525 g/mol. The Morgan fingerprint density at radius 3 is 2.56 bits per heavy atom. The molecule has 1 amide bonds. The fraction of sp³-hybridized carbons (Fsp3) is 0.417. The highest BCUT2D eigenvalue weighted by Crippen LogP contribution is 2.39. The van der Waals surface area contributed by atoms with Gasteiger partial charge in [-0.05, 0) is 57.6 Å². The highest BCUT2D eigenvalue weighted by Gasteiger charge is 2.27. The molecule has 0 N–H and O–H groups in total. The van der Waals surface area contributed by atoms with E-state index in [1.807, 2.05) is 23.9 Å². The second-order valence-electron chi connectivity index (χ2n) is 8.69. The summed E-state index contributed by atoms with van der Waals surface area (Å²) in [5, 5.41) is 12.9. The van der Waals surface area contributed by atoms with E-state index < -0.39 is 4.92 Å². The van der Waals surface area contributed by atoms with E-state index in [0.717, 1.165) is 37.1 Å². The van der Waals surface area contributed by atoms with E-state index in [1.54, 1.807) is 36.3 Å². The van der Waals surface area contributed by atoms with Crippen molar-refractivity contribution in [3.63, 3.8) is 0 Å². The smallest absolute Gasteiger partial charge is 0.293 e. The molecule has 0 aliphatic carbocycles. The van der Waals surface area contributed by atoms with Gasteiger partial charge in [0.2, 0.25) is 0 Å². The molecule has 0 radical (unpaired) electrons. The van der Waals surface area contributed by atoms with Gasteiger partial charge in [-0.2, -0.15) is 0 Å². The maximum Gasteiger partial charge on any atom is 0.293 e. The van der Waals surface area contributed by atoms with Gasteiger partial charge in [-0.3, -0.25) is 19.8 Å². The highest BCUT2D eigenvalue weighted by atomic mass is 35.5. The van der Waals surface area contributed by atoms with Gasteiger partial charge in [0, 0.05) is 37.8 Å². The van der Waals surface area contributed by atoms with E-state index in [0.29, 0.717) is 40.2 Å². The van der Waals surface area contributed by atoms with Gasteiger partial charge in [-0.15, -0.1) is 12.4 Å². The molecule has 1 fully saturated rings. The summed E-state index contributed by atoms with van der Waals surface area (Å²) in [6.07, 6.45) is 3.12. The van der Waals surface area contributed by atoms with Crippen molar-refractivity contribution >= 4 is 68.0 Å². The average molecular weight is 555 g/mol. The first-order chi connectivity index (χ1) is 16.8. The van der Waals surface area contributed by atoms with Crippen molar-refractivity contribution < 1.29 is 14.5 Å². The molecule has 1 saturated heterocycles. The SMILES string of the molecule is COc1ccc(Cl)c2sc(N(CCN(C)C)C(=O)c3ccc(N4CCCCC4)c([N+](=O)[O-])c3)nc12.Cl. The number of nitro benzene ring substituents is 1. The Kier molecular flexibility index (Phi) is 9.35. The number of benzene rings is 2. The molecule has 4 rings (SSSR count). The highest BCUT2D eigenvalue weighted by molar-refractivity contribution is 7.23. The van der Waals surface area contributed by atoms with Gasteiger partial charge in [-0.1, -0.05) is 22.9 Å². The van der Waals surface area contributed by atoms with E-state index in [-0.39, 0.29) is 29.6 Å². The number of amides is 1. The molecular formula is C24H29Cl2N5O4S. The third kappa shape index (κ3) is 5.83. The number of likely N-dealkylation sites (N-methyl/N-ethyl adjacent to an activating group) is 1. The van der Waals surface area contributed by atoms with Crippen LogP contribution in [0, 0.1) is 10.1 Å². The number of rotatable bonds is 8. The van der Waals surface area contributed by atoms with E-state index >= 15 is 0 Å². The number of hydrogen-bond donors (Lipinski definition) is 0. The average Bonchev–Trinajstić information content (AvgIpc) is 3.30. The first-order valence-electron chi connectivity index (χ1n) is 11.4. The van der Waals surface area contributed by atoms with Crippen LogP contribution in [0.3, 0.4) is 0 Å². The molecule has 12 heteroatoms. The summed E-state index contributed by atoms with van der Waals surface area (Å²) >= 11 is 7.69. The van der Waals surface area contributed by atoms with Crippen LogP contribution in [0.25, 0.3) is 10.2 Å². The minimum Gasteiger partial charge on any atom is -0.494 e. The summed E-state index contributed by atoms with van der Waals surface area (Å²) in [6.45, 7) is 2.49. The van der Waals surface area contributed by atoms with E-state index in [1.165, 1.54) is 17.4 Å². The number of thiazole rings is 1. The molecule has 2 heterocycles. The second kappa shape index (κ2) is 12.1. The van der Waals surface area contributed by atoms with Crippen molar-refractivity contribution in [1.82, 2.24) is 9.88 Å². The number of carbonyl (C=O) groups is 1. The molecule has 1 aliphatic heterocycles. The number of aromatic nitrogens is 1. The Morgan fingerprint density at radius 1 is 1.19 bits per heavy atom. The van der Waals surface area contributed by atoms with Crippen molar-refractivity contribution in [1.29, 1.82) is 0 Å². The van der Waals surface area contributed by atoms with Crippen molar-refractivity contribution in [2.45, 2.75) is 19.3 Å². The van der Waals surface area contributed by atoms with Crippen LogP contribution in [0.5, 0.6) is 5.75 Å². The fourth-order valence-corrected chi connectivity index (χ4v) is 5.45. The van der Waals surface area contributed by atoms with Crippen molar-refractivity contribution in [3.8, 4) is 5.75 Å². The van der Waals surface area contributed by atoms with E-state index in [4.69, 9.17) is 16.3 Å². The summed E-state index contributed by atoms with van der Waals surface area (Å²) in [4.78, 5) is 35.4. The molecule has 0 spiro atoms. The summed E-state index contributed by atoms with van der Waals surface area (Å²) in [5.74, 6) is 0.211. The lowest BCUT2D eigenvalue weighted by Crippen LogP contribution is -2.37. The molecule has 0 atom stereocenters. The Balaban J connectivity index is 0.00000361. The van der Waals surface area contributed by atoms with Crippen LogP contribution in [-0.2, 0) is 0 Å². The first-order valence-corrected chi connectivity index (χ1v) is 12.6. The lowest BCUT2D eigenvalue weighted by molar-refractivity contribution is -0.384. The standard InChI is InChI=1S/C24H28ClN5O4S.ClH/c1-27(2)13-14-29(24-26-21-20(34-3)10-8-17(25)22(21)35-24)23(31)16-7-9-18(19(15-16)30(32)33)28-11-5-4-6-12-28;/h7-10,15H,4-6,11-14H2,1-3H3;1H. The maximum absolute atomic E-state index is 13.7. The second-order valence-corrected chi connectivity index (χ2v) is 10.1. The van der Waals surface area contributed by atoms with Crippen molar-refractivity contribution in [2.75, 3.05) is 57.2 Å². The van der Waals surface area contributed by atoms with Gasteiger partial charge < -0.3 is 14.5 Å².